The van der Waals surface area contributed by atoms with E-state index < -0.39 is 12.0 Å². The molecule has 0 aromatic heterocycles. The SMILES string of the molecule is COC(=O)c1ccc(NC(=O)CCCN)cc1C#CC(N)CO. The summed E-state index contributed by atoms with van der Waals surface area (Å²) >= 11 is 0. The quantitative estimate of drug-likeness (QED) is 0.425. The van der Waals surface area contributed by atoms with E-state index >= 15 is 0 Å². The Morgan fingerprint density at radius 2 is 2.17 bits per heavy atom. The number of anilines is 1. The Labute approximate surface area is 135 Å². The van der Waals surface area contributed by atoms with Gasteiger partial charge in [0.15, 0.2) is 0 Å². The van der Waals surface area contributed by atoms with Gasteiger partial charge in [0, 0.05) is 17.7 Å². The highest BCUT2D eigenvalue weighted by Crippen LogP contribution is 2.17. The third kappa shape index (κ3) is 6.08. The monoisotopic (exact) mass is 319 g/mol. The maximum atomic E-state index is 11.8. The molecule has 0 aliphatic rings. The molecule has 6 N–H and O–H groups in total. The van der Waals surface area contributed by atoms with Gasteiger partial charge in [-0.15, -0.1) is 0 Å². The van der Waals surface area contributed by atoms with Gasteiger partial charge in [-0.1, -0.05) is 11.8 Å². The lowest BCUT2D eigenvalue weighted by Gasteiger charge is -2.08. The highest BCUT2D eigenvalue weighted by Gasteiger charge is 2.12. The van der Waals surface area contributed by atoms with Crippen LogP contribution in [0.5, 0.6) is 0 Å². The number of methoxy groups -OCH3 is 1. The molecule has 7 heteroatoms. The molecule has 1 unspecified atom stereocenters. The van der Waals surface area contributed by atoms with E-state index in [-0.39, 0.29) is 18.1 Å². The van der Waals surface area contributed by atoms with Crippen LogP contribution in [0.25, 0.3) is 0 Å². The number of carbonyl (C=O) groups excluding carboxylic acids is 2. The highest BCUT2D eigenvalue weighted by atomic mass is 16.5. The normalized spacial score (nSPS) is 11.1. The van der Waals surface area contributed by atoms with Gasteiger partial charge in [-0.25, -0.2) is 4.79 Å². The number of benzene rings is 1. The van der Waals surface area contributed by atoms with Gasteiger partial charge in [-0.05, 0) is 31.2 Å². The number of amides is 1. The third-order valence-corrected chi connectivity index (χ3v) is 2.91. The summed E-state index contributed by atoms with van der Waals surface area (Å²) in [7, 11) is 1.27. The zero-order valence-corrected chi connectivity index (χ0v) is 13.0. The molecule has 0 spiro atoms. The van der Waals surface area contributed by atoms with Crippen LogP contribution in [-0.4, -0.2) is 43.3 Å². The van der Waals surface area contributed by atoms with Crippen LogP contribution in [0.4, 0.5) is 5.69 Å². The summed E-state index contributed by atoms with van der Waals surface area (Å²) in [6.07, 6.45) is 0.899. The maximum absolute atomic E-state index is 11.8. The molecule has 124 valence electrons. The standard InChI is InChI=1S/C16H21N3O4/c1-23-16(22)14-7-6-13(19-15(21)3-2-8-17)9-11(14)4-5-12(18)10-20/h6-7,9,12,20H,2-3,8,10,17-18H2,1H3,(H,19,21). The van der Waals surface area contributed by atoms with E-state index in [0.29, 0.717) is 30.6 Å². The van der Waals surface area contributed by atoms with Crippen molar-refractivity contribution in [3.05, 3.63) is 29.3 Å². The van der Waals surface area contributed by atoms with Crippen LogP contribution < -0.4 is 16.8 Å². The number of nitrogens with one attached hydrogen (secondary N) is 1. The second-order valence-electron chi connectivity index (χ2n) is 4.75. The molecule has 0 radical (unpaired) electrons. The molecule has 0 fully saturated rings. The lowest BCUT2D eigenvalue weighted by Crippen LogP contribution is -2.21. The molecule has 0 saturated carbocycles. The number of hydrogen-bond donors (Lipinski definition) is 4. The lowest BCUT2D eigenvalue weighted by atomic mass is 10.1. The van der Waals surface area contributed by atoms with Gasteiger partial charge < -0.3 is 26.6 Å². The molecule has 1 aromatic rings. The van der Waals surface area contributed by atoms with Crippen molar-refractivity contribution < 1.29 is 19.4 Å². The molecule has 1 atom stereocenters. The van der Waals surface area contributed by atoms with Crippen molar-refractivity contribution in [3.8, 4) is 11.8 Å². The fourth-order valence-electron chi connectivity index (χ4n) is 1.72. The molecule has 7 nitrogen and oxygen atoms in total. The van der Waals surface area contributed by atoms with Gasteiger partial charge in [0.2, 0.25) is 5.91 Å². The maximum Gasteiger partial charge on any atom is 0.339 e. The number of aliphatic hydroxyl groups is 1. The summed E-state index contributed by atoms with van der Waals surface area (Å²) in [6, 6.07) is 3.94. The fraction of sp³-hybridized carbons (Fsp3) is 0.375. The molecule has 23 heavy (non-hydrogen) atoms. The van der Waals surface area contributed by atoms with Gasteiger partial charge in [-0.2, -0.15) is 0 Å². The zero-order valence-electron chi connectivity index (χ0n) is 13.0. The first kappa shape index (κ1) is 18.6. The number of rotatable bonds is 6. The third-order valence-electron chi connectivity index (χ3n) is 2.91. The summed E-state index contributed by atoms with van der Waals surface area (Å²) in [6.45, 7) is 0.139. The predicted molar refractivity (Wildman–Crippen MR) is 86.6 cm³/mol. The summed E-state index contributed by atoms with van der Waals surface area (Å²) in [5.41, 5.74) is 12.0. The van der Waals surface area contributed by atoms with Crippen LogP contribution in [0.2, 0.25) is 0 Å². The lowest BCUT2D eigenvalue weighted by molar-refractivity contribution is -0.116. The Bertz CT molecular complexity index is 619. The molecular formula is C16H21N3O4. The van der Waals surface area contributed by atoms with E-state index in [1.54, 1.807) is 12.1 Å². The number of ether oxygens (including phenoxy) is 1. The van der Waals surface area contributed by atoms with E-state index in [1.165, 1.54) is 13.2 Å². The molecule has 0 aliphatic carbocycles. The van der Waals surface area contributed by atoms with Gasteiger partial charge in [0.1, 0.15) is 0 Å². The van der Waals surface area contributed by atoms with E-state index in [2.05, 4.69) is 17.2 Å². The molecule has 0 bridgehead atoms. The van der Waals surface area contributed by atoms with Crippen LogP contribution in [0.1, 0.15) is 28.8 Å². The van der Waals surface area contributed by atoms with Crippen LogP contribution in [0.3, 0.4) is 0 Å². The molecule has 1 amide bonds. The zero-order chi connectivity index (χ0) is 17.2. The average Bonchev–Trinajstić information content (AvgIpc) is 2.57. The summed E-state index contributed by atoms with van der Waals surface area (Å²) in [5, 5.41) is 11.6. The summed E-state index contributed by atoms with van der Waals surface area (Å²) in [5.74, 6) is 4.63. The van der Waals surface area contributed by atoms with Gasteiger partial charge in [-0.3, -0.25) is 4.79 Å². The van der Waals surface area contributed by atoms with E-state index in [1.807, 2.05) is 0 Å². The minimum Gasteiger partial charge on any atom is -0.465 e. The van der Waals surface area contributed by atoms with Crippen molar-refractivity contribution in [2.24, 2.45) is 11.5 Å². The molecule has 0 aliphatic heterocycles. The van der Waals surface area contributed by atoms with Gasteiger partial charge >= 0.3 is 5.97 Å². The van der Waals surface area contributed by atoms with E-state index in [0.717, 1.165) is 0 Å². The van der Waals surface area contributed by atoms with Crippen molar-refractivity contribution >= 4 is 17.6 Å². The van der Waals surface area contributed by atoms with E-state index in [9.17, 15) is 9.59 Å². The van der Waals surface area contributed by atoms with Crippen molar-refractivity contribution in [3.63, 3.8) is 0 Å². The fourth-order valence-corrected chi connectivity index (χ4v) is 1.72. The van der Waals surface area contributed by atoms with Gasteiger partial charge in [0.05, 0.1) is 25.3 Å². The van der Waals surface area contributed by atoms with Gasteiger partial charge in [0.25, 0.3) is 0 Å². The Balaban J connectivity index is 3.05. The number of aliphatic hydroxyl groups excluding tert-OH is 1. The van der Waals surface area contributed by atoms with Crippen molar-refractivity contribution in [2.45, 2.75) is 18.9 Å². The van der Waals surface area contributed by atoms with Crippen molar-refractivity contribution in [2.75, 3.05) is 25.6 Å². The summed E-state index contributed by atoms with van der Waals surface area (Å²) < 4.78 is 4.70. The number of nitrogens with two attached hydrogens (primary N) is 2. The average molecular weight is 319 g/mol. The molecule has 0 heterocycles. The second-order valence-corrected chi connectivity index (χ2v) is 4.75. The predicted octanol–water partition coefficient (Wildman–Crippen LogP) is -0.178. The topological polar surface area (TPSA) is 128 Å². The Morgan fingerprint density at radius 3 is 2.78 bits per heavy atom. The van der Waals surface area contributed by atoms with Crippen LogP contribution in [0.15, 0.2) is 18.2 Å². The van der Waals surface area contributed by atoms with Crippen LogP contribution >= 0.6 is 0 Å². The molecule has 1 rings (SSSR count). The van der Waals surface area contributed by atoms with Crippen LogP contribution in [-0.2, 0) is 9.53 Å². The Morgan fingerprint density at radius 1 is 1.43 bits per heavy atom. The second kappa shape index (κ2) is 9.58. The summed E-state index contributed by atoms with van der Waals surface area (Å²) in [4.78, 5) is 23.5. The largest absolute Gasteiger partial charge is 0.465 e. The van der Waals surface area contributed by atoms with Crippen molar-refractivity contribution in [1.82, 2.24) is 0 Å². The Kier molecular flexibility index (Phi) is 7.77. The molecule has 1 aromatic carbocycles. The molecule has 0 saturated heterocycles. The number of carbonyl (C=O) groups is 2. The highest BCUT2D eigenvalue weighted by molar-refractivity contribution is 5.95. The molecular weight excluding hydrogens is 298 g/mol. The minimum absolute atomic E-state index is 0.174. The van der Waals surface area contributed by atoms with Crippen LogP contribution in [0, 0.1) is 11.8 Å². The number of esters is 1. The van der Waals surface area contributed by atoms with E-state index in [4.69, 9.17) is 21.3 Å². The smallest absolute Gasteiger partial charge is 0.339 e. The first-order valence-electron chi connectivity index (χ1n) is 7.12. The Hall–Kier alpha value is -2.40. The van der Waals surface area contributed by atoms with Crippen molar-refractivity contribution in [1.29, 1.82) is 0 Å². The minimum atomic E-state index is -0.719. The first-order valence-corrected chi connectivity index (χ1v) is 7.12. The number of hydrogen-bond acceptors (Lipinski definition) is 6. The first-order chi connectivity index (χ1) is 11.0.